The van der Waals surface area contributed by atoms with Crippen molar-refractivity contribution < 1.29 is 8.42 Å². The van der Waals surface area contributed by atoms with Gasteiger partial charge in [0.2, 0.25) is 10.0 Å². The lowest BCUT2D eigenvalue weighted by molar-refractivity contribution is 0.298. The molecule has 0 aliphatic carbocycles. The van der Waals surface area contributed by atoms with Crippen molar-refractivity contribution in [2.24, 2.45) is 0 Å². The number of aryl methyl sites for hydroxylation is 1. The summed E-state index contributed by atoms with van der Waals surface area (Å²) in [5.74, 6) is 0. The summed E-state index contributed by atoms with van der Waals surface area (Å²) in [5, 5.41) is 3.93. The van der Waals surface area contributed by atoms with Gasteiger partial charge in [0, 0.05) is 30.7 Å². The maximum absolute atomic E-state index is 13.0. The molecule has 5 nitrogen and oxygen atoms in total. The first-order valence-electron chi connectivity index (χ1n) is 7.56. The van der Waals surface area contributed by atoms with Gasteiger partial charge in [-0.1, -0.05) is 6.07 Å². The molecule has 0 spiro atoms. The van der Waals surface area contributed by atoms with Crippen molar-refractivity contribution in [1.29, 1.82) is 0 Å². The lowest BCUT2D eigenvalue weighted by atomic mass is 10.1. The van der Waals surface area contributed by atoms with E-state index in [-0.39, 0.29) is 0 Å². The second-order valence-electron chi connectivity index (χ2n) is 5.75. The van der Waals surface area contributed by atoms with Crippen molar-refractivity contribution in [2.45, 2.75) is 30.7 Å². The standard InChI is InChI=1S/C16H21N3O2S/c1-12-5-6-15(14-4-3-9-18-16(12)14)22(20,21)19-10-7-13(17-2)8-11-19/h3-6,9,13,17H,7-8,10-11H2,1-2H3. The van der Waals surface area contributed by atoms with Gasteiger partial charge in [-0.3, -0.25) is 4.98 Å². The van der Waals surface area contributed by atoms with E-state index in [1.165, 1.54) is 0 Å². The zero-order chi connectivity index (χ0) is 15.7. The number of rotatable bonds is 3. The topological polar surface area (TPSA) is 62.3 Å². The highest BCUT2D eigenvalue weighted by atomic mass is 32.2. The highest BCUT2D eigenvalue weighted by Crippen LogP contribution is 2.28. The molecule has 1 aliphatic heterocycles. The average molecular weight is 319 g/mol. The Morgan fingerprint density at radius 1 is 1.23 bits per heavy atom. The number of piperidine rings is 1. The fraction of sp³-hybridized carbons (Fsp3) is 0.438. The lowest BCUT2D eigenvalue weighted by Crippen LogP contribution is -2.43. The third-order valence-electron chi connectivity index (χ3n) is 4.41. The molecule has 1 aromatic carbocycles. The van der Waals surface area contributed by atoms with Crippen molar-refractivity contribution in [3.8, 4) is 0 Å². The monoisotopic (exact) mass is 319 g/mol. The normalized spacial score (nSPS) is 17.9. The molecule has 1 saturated heterocycles. The molecule has 2 aromatic rings. The van der Waals surface area contributed by atoms with Crippen LogP contribution in [0.1, 0.15) is 18.4 Å². The van der Waals surface area contributed by atoms with E-state index in [9.17, 15) is 8.42 Å². The maximum atomic E-state index is 13.0. The Morgan fingerprint density at radius 2 is 1.95 bits per heavy atom. The Labute approximate surface area is 131 Å². The summed E-state index contributed by atoms with van der Waals surface area (Å²) < 4.78 is 27.6. The van der Waals surface area contributed by atoms with E-state index in [1.54, 1.807) is 22.6 Å². The van der Waals surface area contributed by atoms with Gasteiger partial charge in [-0.2, -0.15) is 4.31 Å². The molecule has 1 aliphatic rings. The van der Waals surface area contributed by atoms with Crippen LogP contribution < -0.4 is 5.32 Å². The van der Waals surface area contributed by atoms with Crippen LogP contribution in [0.3, 0.4) is 0 Å². The summed E-state index contributed by atoms with van der Waals surface area (Å²) in [6, 6.07) is 7.57. The summed E-state index contributed by atoms with van der Waals surface area (Å²) in [7, 11) is -1.55. The number of pyridine rings is 1. The number of nitrogens with zero attached hydrogens (tertiary/aromatic N) is 2. The van der Waals surface area contributed by atoms with Gasteiger partial charge < -0.3 is 5.32 Å². The van der Waals surface area contributed by atoms with Crippen molar-refractivity contribution >= 4 is 20.9 Å². The molecule has 6 heteroatoms. The van der Waals surface area contributed by atoms with E-state index in [4.69, 9.17) is 0 Å². The fourth-order valence-corrected chi connectivity index (χ4v) is 4.69. The van der Waals surface area contributed by atoms with Crippen molar-refractivity contribution in [3.63, 3.8) is 0 Å². The molecule has 1 N–H and O–H groups in total. The highest BCUT2D eigenvalue weighted by molar-refractivity contribution is 7.89. The van der Waals surface area contributed by atoms with E-state index in [0.29, 0.717) is 29.4 Å². The number of fused-ring (bicyclic) bond motifs is 1. The molecule has 2 heterocycles. The van der Waals surface area contributed by atoms with Crippen LogP contribution in [0.5, 0.6) is 0 Å². The molecule has 0 atom stereocenters. The Bertz CT molecular complexity index is 781. The first-order valence-corrected chi connectivity index (χ1v) is 9.00. The number of nitrogens with one attached hydrogen (secondary N) is 1. The van der Waals surface area contributed by atoms with E-state index < -0.39 is 10.0 Å². The maximum Gasteiger partial charge on any atom is 0.243 e. The lowest BCUT2D eigenvalue weighted by Gasteiger charge is -2.31. The number of hydrogen-bond acceptors (Lipinski definition) is 4. The Hall–Kier alpha value is -1.50. The first-order chi connectivity index (χ1) is 10.5. The van der Waals surface area contributed by atoms with Crippen LogP contribution >= 0.6 is 0 Å². The largest absolute Gasteiger partial charge is 0.317 e. The third-order valence-corrected chi connectivity index (χ3v) is 6.37. The molecule has 0 saturated carbocycles. The minimum Gasteiger partial charge on any atom is -0.317 e. The van der Waals surface area contributed by atoms with Crippen LogP contribution in [0.2, 0.25) is 0 Å². The summed E-state index contributed by atoms with van der Waals surface area (Å²) in [4.78, 5) is 4.70. The molecular formula is C16H21N3O2S. The summed E-state index contributed by atoms with van der Waals surface area (Å²) >= 11 is 0. The van der Waals surface area contributed by atoms with Gasteiger partial charge in [0.15, 0.2) is 0 Å². The second-order valence-corrected chi connectivity index (χ2v) is 7.65. The van der Waals surface area contributed by atoms with Gasteiger partial charge >= 0.3 is 0 Å². The second kappa shape index (κ2) is 5.95. The SMILES string of the molecule is CNC1CCN(S(=O)(=O)c2ccc(C)c3ncccc23)CC1. The minimum absolute atomic E-state index is 0.365. The molecule has 118 valence electrons. The van der Waals surface area contributed by atoms with E-state index in [2.05, 4.69) is 10.3 Å². The molecule has 1 fully saturated rings. The van der Waals surface area contributed by atoms with Crippen molar-refractivity contribution in [1.82, 2.24) is 14.6 Å². The van der Waals surface area contributed by atoms with Crippen LogP contribution in [0.4, 0.5) is 0 Å². The highest BCUT2D eigenvalue weighted by Gasteiger charge is 2.30. The third kappa shape index (κ3) is 2.62. The van der Waals surface area contributed by atoms with Crippen LogP contribution in [0, 0.1) is 6.92 Å². The Morgan fingerprint density at radius 3 is 2.64 bits per heavy atom. The van der Waals surface area contributed by atoms with E-state index >= 15 is 0 Å². The summed E-state index contributed by atoms with van der Waals surface area (Å²) in [6.45, 7) is 3.07. The van der Waals surface area contributed by atoms with Gasteiger partial charge in [0.1, 0.15) is 0 Å². The minimum atomic E-state index is -3.47. The number of aromatic nitrogens is 1. The molecule has 0 unspecified atom stereocenters. The molecule has 0 amide bonds. The van der Waals surface area contributed by atoms with E-state index in [0.717, 1.165) is 23.9 Å². The Balaban J connectivity index is 2.02. The summed E-state index contributed by atoms with van der Waals surface area (Å²) in [6.07, 6.45) is 3.39. The quantitative estimate of drug-likeness (QED) is 0.939. The fourth-order valence-electron chi connectivity index (χ4n) is 3.04. The van der Waals surface area contributed by atoms with Gasteiger partial charge in [-0.05, 0) is 50.6 Å². The molecular weight excluding hydrogens is 298 g/mol. The van der Waals surface area contributed by atoms with Gasteiger partial charge in [-0.25, -0.2) is 8.42 Å². The average Bonchev–Trinajstić information content (AvgIpc) is 2.55. The first kappa shape index (κ1) is 15.4. The molecule has 22 heavy (non-hydrogen) atoms. The van der Waals surface area contributed by atoms with Gasteiger partial charge in [0.25, 0.3) is 0 Å². The van der Waals surface area contributed by atoms with E-state index in [1.807, 2.05) is 26.1 Å². The molecule has 3 rings (SSSR count). The summed E-state index contributed by atoms with van der Waals surface area (Å²) in [5.41, 5.74) is 1.75. The van der Waals surface area contributed by atoms with Crippen LogP contribution in [0.15, 0.2) is 35.4 Å². The number of hydrogen-bond donors (Lipinski definition) is 1. The smallest absolute Gasteiger partial charge is 0.243 e. The van der Waals surface area contributed by atoms with Gasteiger partial charge in [0.05, 0.1) is 10.4 Å². The molecule has 0 bridgehead atoms. The molecule has 1 aromatic heterocycles. The number of benzene rings is 1. The van der Waals surface area contributed by atoms with Crippen LogP contribution in [0.25, 0.3) is 10.9 Å². The van der Waals surface area contributed by atoms with Crippen LogP contribution in [-0.4, -0.2) is 43.9 Å². The molecule has 0 radical (unpaired) electrons. The van der Waals surface area contributed by atoms with Crippen molar-refractivity contribution in [2.75, 3.05) is 20.1 Å². The zero-order valence-corrected chi connectivity index (χ0v) is 13.7. The number of sulfonamides is 1. The van der Waals surface area contributed by atoms with Crippen LogP contribution in [-0.2, 0) is 10.0 Å². The Kier molecular flexibility index (Phi) is 4.16. The van der Waals surface area contributed by atoms with Crippen molar-refractivity contribution in [3.05, 3.63) is 36.0 Å². The predicted octanol–water partition coefficient (Wildman–Crippen LogP) is 1.92. The van der Waals surface area contributed by atoms with Gasteiger partial charge in [-0.15, -0.1) is 0 Å². The zero-order valence-electron chi connectivity index (χ0n) is 12.9. The predicted molar refractivity (Wildman–Crippen MR) is 87.3 cm³/mol.